The molecule has 3 N–H and O–H groups in total. The first kappa shape index (κ1) is 16.5. The Morgan fingerprint density at radius 2 is 1.94 bits per heavy atom. The monoisotopic (exact) mass is 289 g/mol. The summed E-state index contributed by atoms with van der Waals surface area (Å²) in [5.74, 6) is 0. The van der Waals surface area contributed by atoms with Crippen molar-refractivity contribution in [2.75, 3.05) is 6.61 Å². The van der Waals surface area contributed by atoms with Gasteiger partial charge in [-0.15, -0.1) is 12.4 Å². The van der Waals surface area contributed by atoms with Crippen LogP contribution in [0.25, 0.3) is 0 Å². The van der Waals surface area contributed by atoms with E-state index in [2.05, 4.69) is 0 Å². The molecule has 0 saturated heterocycles. The largest absolute Gasteiger partial charge is 0.416 e. The van der Waals surface area contributed by atoms with Crippen LogP contribution in [0.1, 0.15) is 23.6 Å². The fourth-order valence-corrected chi connectivity index (χ4v) is 1.56. The van der Waals surface area contributed by atoms with Gasteiger partial charge in [-0.1, -0.05) is 11.6 Å². The van der Waals surface area contributed by atoms with Crippen molar-refractivity contribution in [1.29, 1.82) is 0 Å². The Morgan fingerprint density at radius 3 is 2.41 bits per heavy atom. The molecule has 2 nitrogen and oxygen atoms in total. The third kappa shape index (κ3) is 4.35. The topological polar surface area (TPSA) is 46.2 Å². The minimum Gasteiger partial charge on any atom is -0.396 e. The summed E-state index contributed by atoms with van der Waals surface area (Å²) in [6.07, 6.45) is -4.25. The van der Waals surface area contributed by atoms with E-state index in [0.29, 0.717) is 0 Å². The molecule has 0 aliphatic heterocycles. The van der Waals surface area contributed by atoms with Gasteiger partial charge in [0.25, 0.3) is 0 Å². The highest BCUT2D eigenvalue weighted by atomic mass is 35.5. The van der Waals surface area contributed by atoms with E-state index in [1.54, 1.807) is 0 Å². The first-order chi connectivity index (χ1) is 7.36. The van der Waals surface area contributed by atoms with Gasteiger partial charge in [-0.2, -0.15) is 13.2 Å². The van der Waals surface area contributed by atoms with E-state index >= 15 is 0 Å². The number of benzene rings is 1. The molecule has 0 spiro atoms. The summed E-state index contributed by atoms with van der Waals surface area (Å²) >= 11 is 5.75. The van der Waals surface area contributed by atoms with Crippen LogP contribution in [0.2, 0.25) is 5.02 Å². The SMILES string of the molecule is Cl.N[C@@H](CCO)c1cc(C(F)(F)F)ccc1Cl. The summed E-state index contributed by atoms with van der Waals surface area (Å²) in [6, 6.07) is 2.29. The van der Waals surface area contributed by atoms with Gasteiger partial charge in [0.2, 0.25) is 0 Å². The van der Waals surface area contributed by atoms with Crippen molar-refractivity contribution in [3.05, 3.63) is 34.3 Å². The third-order valence-corrected chi connectivity index (χ3v) is 2.51. The number of halogens is 5. The van der Waals surface area contributed by atoms with E-state index in [4.69, 9.17) is 22.4 Å². The van der Waals surface area contributed by atoms with Gasteiger partial charge in [0.15, 0.2) is 0 Å². The summed E-state index contributed by atoms with van der Waals surface area (Å²) in [5, 5.41) is 8.85. The van der Waals surface area contributed by atoms with Crippen molar-refractivity contribution in [3.8, 4) is 0 Å². The molecular formula is C10H12Cl2F3NO. The maximum atomic E-state index is 12.4. The summed E-state index contributed by atoms with van der Waals surface area (Å²) in [7, 11) is 0. The van der Waals surface area contributed by atoms with Crippen LogP contribution in [-0.2, 0) is 6.18 Å². The van der Waals surface area contributed by atoms with Gasteiger partial charge in [-0.3, -0.25) is 0 Å². The van der Waals surface area contributed by atoms with Crippen molar-refractivity contribution in [3.63, 3.8) is 0 Å². The second-order valence-corrected chi connectivity index (χ2v) is 3.76. The molecule has 98 valence electrons. The maximum Gasteiger partial charge on any atom is 0.416 e. The number of alkyl halides is 3. The molecule has 1 aromatic carbocycles. The summed E-state index contributed by atoms with van der Waals surface area (Å²) in [5.41, 5.74) is 5.01. The predicted molar refractivity (Wildman–Crippen MR) is 62.3 cm³/mol. The first-order valence-electron chi connectivity index (χ1n) is 4.59. The van der Waals surface area contributed by atoms with Crippen LogP contribution in [0.3, 0.4) is 0 Å². The maximum absolute atomic E-state index is 12.4. The summed E-state index contributed by atoms with van der Waals surface area (Å²) < 4.78 is 37.2. The zero-order chi connectivity index (χ0) is 12.3. The van der Waals surface area contributed by atoms with E-state index in [1.807, 2.05) is 0 Å². The molecule has 7 heteroatoms. The van der Waals surface area contributed by atoms with Crippen LogP contribution in [-0.4, -0.2) is 11.7 Å². The molecule has 17 heavy (non-hydrogen) atoms. The number of nitrogens with two attached hydrogens (primary N) is 1. The number of aliphatic hydroxyl groups excluding tert-OH is 1. The van der Waals surface area contributed by atoms with E-state index in [1.165, 1.54) is 0 Å². The first-order valence-corrected chi connectivity index (χ1v) is 4.97. The van der Waals surface area contributed by atoms with Gasteiger partial charge < -0.3 is 10.8 Å². The Kier molecular flexibility index (Phi) is 6.26. The fraction of sp³-hybridized carbons (Fsp3) is 0.400. The summed E-state index contributed by atoms with van der Waals surface area (Å²) in [4.78, 5) is 0. The van der Waals surface area contributed by atoms with Gasteiger partial charge in [0.1, 0.15) is 0 Å². The molecule has 0 aliphatic carbocycles. The smallest absolute Gasteiger partial charge is 0.396 e. The van der Waals surface area contributed by atoms with Crippen molar-refractivity contribution >= 4 is 24.0 Å². The molecular weight excluding hydrogens is 278 g/mol. The molecule has 1 aromatic rings. The Hall–Kier alpha value is -0.490. The molecule has 0 saturated carbocycles. The molecule has 0 unspecified atom stereocenters. The number of aliphatic hydroxyl groups is 1. The Balaban J connectivity index is 0.00000256. The molecule has 0 radical (unpaired) electrons. The van der Waals surface area contributed by atoms with E-state index < -0.39 is 17.8 Å². The van der Waals surface area contributed by atoms with E-state index in [9.17, 15) is 13.2 Å². The standard InChI is InChI=1S/C10H11ClF3NO.ClH/c11-8-2-1-6(10(12,13)14)5-7(8)9(15)3-4-16;/h1-2,5,9,16H,3-4,15H2;1H/t9-;/m0./s1. The normalized spacial score (nSPS) is 13.1. The second kappa shape index (κ2) is 6.44. The van der Waals surface area contributed by atoms with E-state index in [0.717, 1.165) is 18.2 Å². The van der Waals surface area contributed by atoms with Crippen LogP contribution in [0.5, 0.6) is 0 Å². The average molecular weight is 290 g/mol. The Morgan fingerprint density at radius 1 is 1.35 bits per heavy atom. The molecule has 0 aromatic heterocycles. The zero-order valence-electron chi connectivity index (χ0n) is 8.67. The Bertz CT molecular complexity index is 371. The average Bonchev–Trinajstić information content (AvgIpc) is 2.16. The second-order valence-electron chi connectivity index (χ2n) is 3.35. The van der Waals surface area contributed by atoms with Crippen molar-refractivity contribution < 1.29 is 18.3 Å². The number of hydrogen-bond acceptors (Lipinski definition) is 2. The third-order valence-electron chi connectivity index (χ3n) is 2.16. The molecule has 0 amide bonds. The van der Waals surface area contributed by atoms with Crippen molar-refractivity contribution in [2.24, 2.45) is 5.73 Å². The lowest BCUT2D eigenvalue weighted by molar-refractivity contribution is -0.137. The highest BCUT2D eigenvalue weighted by molar-refractivity contribution is 6.31. The summed E-state index contributed by atoms with van der Waals surface area (Å²) in [6.45, 7) is -0.201. The quantitative estimate of drug-likeness (QED) is 0.898. The lowest BCUT2D eigenvalue weighted by Gasteiger charge is -2.15. The van der Waals surface area contributed by atoms with Gasteiger partial charge in [0.05, 0.1) is 5.56 Å². The highest BCUT2D eigenvalue weighted by Gasteiger charge is 2.31. The van der Waals surface area contributed by atoms with Crippen molar-refractivity contribution in [2.45, 2.75) is 18.6 Å². The van der Waals surface area contributed by atoms with Gasteiger partial charge in [-0.25, -0.2) is 0 Å². The van der Waals surface area contributed by atoms with Crippen LogP contribution < -0.4 is 5.73 Å². The molecule has 0 bridgehead atoms. The zero-order valence-corrected chi connectivity index (χ0v) is 10.2. The minimum atomic E-state index is -4.42. The Labute approximate surface area is 108 Å². The van der Waals surface area contributed by atoms with E-state index in [-0.39, 0.29) is 36.0 Å². The van der Waals surface area contributed by atoms with Crippen LogP contribution in [0.4, 0.5) is 13.2 Å². The van der Waals surface area contributed by atoms with Crippen LogP contribution >= 0.6 is 24.0 Å². The van der Waals surface area contributed by atoms with Gasteiger partial charge in [0, 0.05) is 17.7 Å². The molecule has 1 rings (SSSR count). The molecule has 0 heterocycles. The van der Waals surface area contributed by atoms with Crippen LogP contribution in [0, 0.1) is 0 Å². The lowest BCUT2D eigenvalue weighted by atomic mass is 10.0. The van der Waals surface area contributed by atoms with Crippen molar-refractivity contribution in [1.82, 2.24) is 0 Å². The van der Waals surface area contributed by atoms with Crippen LogP contribution in [0.15, 0.2) is 18.2 Å². The molecule has 0 fully saturated rings. The number of hydrogen-bond donors (Lipinski definition) is 2. The fourth-order valence-electron chi connectivity index (χ4n) is 1.30. The van der Waals surface area contributed by atoms with Gasteiger partial charge >= 0.3 is 6.18 Å². The minimum absolute atomic E-state index is 0. The molecule has 1 atom stereocenters. The number of rotatable bonds is 3. The van der Waals surface area contributed by atoms with Gasteiger partial charge in [-0.05, 0) is 30.2 Å². The highest BCUT2D eigenvalue weighted by Crippen LogP contribution is 2.33. The predicted octanol–water partition coefficient (Wildman–Crippen LogP) is 3.16. The molecule has 0 aliphatic rings. The lowest BCUT2D eigenvalue weighted by Crippen LogP contribution is -2.14.